The summed E-state index contributed by atoms with van der Waals surface area (Å²) in [6.07, 6.45) is 4.15. The number of carbonyl (C=O) groups excluding carboxylic acids is 4. The van der Waals surface area contributed by atoms with Crippen LogP contribution in [-0.4, -0.2) is 40.0 Å². The predicted octanol–water partition coefficient (Wildman–Crippen LogP) is 6.82. The monoisotopic (exact) mass is 663 g/mol. The number of allylic oxidation sites excluding steroid dienone is 4. The van der Waals surface area contributed by atoms with Gasteiger partial charge < -0.3 is 9.84 Å². The third-order valence-electron chi connectivity index (χ3n) is 11.3. The summed E-state index contributed by atoms with van der Waals surface area (Å²) < 4.78 is 5.83. The molecule has 2 amide bonds. The number of amides is 2. The van der Waals surface area contributed by atoms with Crippen molar-refractivity contribution in [2.75, 3.05) is 6.61 Å². The van der Waals surface area contributed by atoms with E-state index in [1.54, 1.807) is 18.2 Å². The Morgan fingerprint density at radius 1 is 0.820 bits per heavy atom. The Hall–Kier alpha value is -5.56. The van der Waals surface area contributed by atoms with Gasteiger partial charge in [0.1, 0.15) is 0 Å². The smallest absolute Gasteiger partial charge is 0.234 e. The molecular weight excluding hydrogens is 626 g/mol. The lowest BCUT2D eigenvalue weighted by atomic mass is 9.44. The van der Waals surface area contributed by atoms with Gasteiger partial charge >= 0.3 is 0 Å². The maximum Gasteiger partial charge on any atom is 0.234 e. The van der Waals surface area contributed by atoms with Crippen LogP contribution in [0.3, 0.4) is 0 Å². The van der Waals surface area contributed by atoms with Crippen LogP contribution in [0.25, 0.3) is 5.57 Å². The average molecular weight is 664 g/mol. The van der Waals surface area contributed by atoms with E-state index < -0.39 is 35.0 Å². The fourth-order valence-electron chi connectivity index (χ4n) is 9.22. The fraction of sp³-hybridized carbons (Fsp3) is 0.256. The molecule has 1 saturated carbocycles. The van der Waals surface area contributed by atoms with E-state index in [2.05, 4.69) is 6.08 Å². The highest BCUT2D eigenvalue weighted by Gasteiger charge is 2.65. The van der Waals surface area contributed by atoms with Gasteiger partial charge in [-0.3, -0.25) is 24.1 Å². The van der Waals surface area contributed by atoms with Crippen molar-refractivity contribution in [1.82, 2.24) is 4.90 Å². The van der Waals surface area contributed by atoms with Crippen molar-refractivity contribution in [2.45, 2.75) is 37.6 Å². The molecule has 250 valence electrons. The summed E-state index contributed by atoms with van der Waals surface area (Å²) in [5.74, 6) is -3.74. The van der Waals surface area contributed by atoms with E-state index in [1.807, 2.05) is 97.9 Å². The minimum atomic E-state index is -1.35. The first-order valence-corrected chi connectivity index (χ1v) is 17.3. The molecule has 4 aliphatic rings. The maximum atomic E-state index is 15.1. The van der Waals surface area contributed by atoms with Crippen LogP contribution in [0.15, 0.2) is 127 Å². The third-order valence-corrected chi connectivity index (χ3v) is 11.3. The molecule has 7 heteroatoms. The highest BCUT2D eigenvalue weighted by Crippen LogP contribution is 2.64. The molecule has 7 nitrogen and oxygen atoms in total. The molecular formula is C43H37NO6. The number of hydrogen-bond donors (Lipinski definition) is 1. The molecule has 8 rings (SSSR count). The second kappa shape index (κ2) is 12.4. The van der Waals surface area contributed by atoms with Gasteiger partial charge in [-0.25, -0.2) is 0 Å². The highest BCUT2D eigenvalue weighted by atomic mass is 16.5. The molecule has 3 aliphatic carbocycles. The number of hydrogen-bond acceptors (Lipinski definition) is 6. The van der Waals surface area contributed by atoms with Crippen molar-refractivity contribution < 1.29 is 29.0 Å². The molecule has 4 aromatic rings. The summed E-state index contributed by atoms with van der Waals surface area (Å²) >= 11 is 0. The van der Waals surface area contributed by atoms with E-state index in [4.69, 9.17) is 4.74 Å². The Bertz CT molecular complexity index is 2070. The lowest BCUT2D eigenvalue weighted by molar-refractivity contribution is -0.141. The summed E-state index contributed by atoms with van der Waals surface area (Å²) in [6.45, 7) is 2.33. The molecule has 0 bridgehead atoms. The molecule has 0 aromatic heterocycles. The highest BCUT2D eigenvalue weighted by molar-refractivity contribution is 6.31. The largest absolute Gasteiger partial charge is 0.504 e. The number of rotatable bonds is 7. The minimum absolute atomic E-state index is 0.0311. The Balaban J connectivity index is 1.34. The van der Waals surface area contributed by atoms with Gasteiger partial charge in [-0.15, -0.1) is 0 Å². The third kappa shape index (κ3) is 4.78. The van der Waals surface area contributed by atoms with Crippen molar-refractivity contribution in [2.24, 2.45) is 23.7 Å². The number of likely N-dealkylation sites (tertiary alicyclic amines) is 1. The zero-order chi connectivity index (χ0) is 34.6. The van der Waals surface area contributed by atoms with Crippen molar-refractivity contribution in [3.63, 3.8) is 0 Å². The zero-order valence-corrected chi connectivity index (χ0v) is 27.7. The SMILES string of the molecule is CCOc1cc([C@H]2C3=CC[C@@H]4C(=O)N(Cc5ccccc5)C(=O)[C@@H]4[C@@H]3C[C@H]3C(=O)C(c4ccccc4)=CC(=O)[C@@]23c2ccccc2)ccc1O. The molecule has 1 aliphatic heterocycles. The number of ether oxygens (including phenoxy) is 1. The van der Waals surface area contributed by atoms with Crippen LogP contribution in [0.1, 0.15) is 47.9 Å². The van der Waals surface area contributed by atoms with Crippen LogP contribution in [0, 0.1) is 23.7 Å². The first kappa shape index (κ1) is 31.7. The summed E-state index contributed by atoms with van der Waals surface area (Å²) in [5, 5.41) is 10.7. The van der Waals surface area contributed by atoms with Crippen LogP contribution in [0.2, 0.25) is 0 Å². The van der Waals surface area contributed by atoms with E-state index in [0.717, 1.165) is 11.1 Å². The number of Topliss-reactive ketones (excluding diaryl/α,β-unsaturated/α-hetero) is 1. The van der Waals surface area contributed by atoms with E-state index in [1.165, 1.54) is 11.0 Å². The number of carbonyl (C=O) groups is 4. The number of phenols is 1. The van der Waals surface area contributed by atoms with Crippen molar-refractivity contribution in [1.29, 1.82) is 0 Å². The lowest BCUT2D eigenvalue weighted by Crippen LogP contribution is -2.58. The molecule has 0 spiro atoms. The molecule has 4 aromatic carbocycles. The van der Waals surface area contributed by atoms with Gasteiger partial charge in [-0.05, 0) is 66.1 Å². The number of nitrogens with zero attached hydrogens (tertiary/aromatic N) is 1. The van der Waals surface area contributed by atoms with Gasteiger partial charge in [0, 0.05) is 17.4 Å². The number of imide groups is 1. The molecule has 2 fully saturated rings. The molecule has 0 radical (unpaired) electrons. The van der Waals surface area contributed by atoms with E-state index in [-0.39, 0.29) is 47.8 Å². The Morgan fingerprint density at radius 3 is 2.20 bits per heavy atom. The van der Waals surface area contributed by atoms with Gasteiger partial charge in [0.2, 0.25) is 11.8 Å². The summed E-state index contributed by atoms with van der Waals surface area (Å²) in [6, 6.07) is 33.3. The Kier molecular flexibility index (Phi) is 7.86. The van der Waals surface area contributed by atoms with Gasteiger partial charge in [-0.2, -0.15) is 0 Å². The molecule has 50 heavy (non-hydrogen) atoms. The molecule has 1 saturated heterocycles. The first-order chi connectivity index (χ1) is 24.3. The van der Waals surface area contributed by atoms with Gasteiger partial charge in [0.05, 0.1) is 30.4 Å². The fourth-order valence-corrected chi connectivity index (χ4v) is 9.22. The van der Waals surface area contributed by atoms with Crippen LogP contribution >= 0.6 is 0 Å². The van der Waals surface area contributed by atoms with Gasteiger partial charge in [-0.1, -0.05) is 109 Å². The first-order valence-electron chi connectivity index (χ1n) is 17.3. The predicted molar refractivity (Wildman–Crippen MR) is 188 cm³/mol. The second-order valence-electron chi connectivity index (χ2n) is 13.7. The van der Waals surface area contributed by atoms with Gasteiger partial charge in [0.15, 0.2) is 23.1 Å². The number of fused-ring (bicyclic) bond motifs is 4. The lowest BCUT2D eigenvalue weighted by Gasteiger charge is -2.55. The molecule has 1 N–H and O–H groups in total. The van der Waals surface area contributed by atoms with E-state index >= 15 is 9.59 Å². The maximum absolute atomic E-state index is 15.1. The van der Waals surface area contributed by atoms with E-state index in [0.29, 0.717) is 35.3 Å². The number of benzene rings is 4. The van der Waals surface area contributed by atoms with Gasteiger partial charge in [0.25, 0.3) is 0 Å². The zero-order valence-electron chi connectivity index (χ0n) is 27.7. The molecule has 0 unspecified atom stereocenters. The van der Waals surface area contributed by atoms with Crippen LogP contribution < -0.4 is 4.74 Å². The topological polar surface area (TPSA) is 101 Å². The number of aromatic hydroxyl groups is 1. The van der Waals surface area contributed by atoms with Crippen molar-refractivity contribution in [3.8, 4) is 11.5 Å². The summed E-state index contributed by atoms with van der Waals surface area (Å²) in [7, 11) is 0. The normalized spacial score (nSPS) is 27.2. The number of phenolic OH excluding ortho intramolecular Hbond substituents is 1. The standard InChI is InChI=1S/C43H37NO6/c1-2-50-36-22-28(18-21-35(36)45)39-30-19-20-31-38(42(49)44(41(31)48)25-26-12-6-3-7-13-26)33(30)23-34-40(47)32(27-14-8-4-9-15-27)24-37(46)43(34,39)29-16-10-5-11-17-29/h3-19,21-22,24,31,33-34,38-39,45H,2,20,23,25H2,1H3/t31-,33+,34-,38-,39-,43-/m0/s1. The summed E-state index contributed by atoms with van der Waals surface area (Å²) in [4.78, 5) is 60.0. The Morgan fingerprint density at radius 2 is 1.50 bits per heavy atom. The van der Waals surface area contributed by atoms with Crippen LogP contribution in [0.5, 0.6) is 11.5 Å². The molecule has 1 heterocycles. The number of ketones is 2. The van der Waals surface area contributed by atoms with Crippen molar-refractivity contribution >= 4 is 29.0 Å². The average Bonchev–Trinajstić information content (AvgIpc) is 3.39. The molecule has 6 atom stereocenters. The quantitative estimate of drug-likeness (QED) is 0.172. The second-order valence-corrected chi connectivity index (χ2v) is 13.7. The summed E-state index contributed by atoms with van der Waals surface area (Å²) in [5.41, 5.74) is 2.82. The Labute approximate surface area is 290 Å². The van der Waals surface area contributed by atoms with Crippen molar-refractivity contribution in [3.05, 3.63) is 149 Å². The van der Waals surface area contributed by atoms with Crippen LogP contribution in [-0.2, 0) is 31.1 Å². The minimum Gasteiger partial charge on any atom is -0.504 e. The van der Waals surface area contributed by atoms with Crippen LogP contribution in [0.4, 0.5) is 0 Å². The van der Waals surface area contributed by atoms with E-state index in [9.17, 15) is 14.7 Å².